The van der Waals surface area contributed by atoms with Crippen molar-refractivity contribution in [3.63, 3.8) is 0 Å². The molecular formula is C24H33N3O2. The van der Waals surface area contributed by atoms with E-state index in [1.165, 1.54) is 16.7 Å². The van der Waals surface area contributed by atoms with Gasteiger partial charge in [-0.2, -0.15) is 0 Å². The summed E-state index contributed by atoms with van der Waals surface area (Å²) in [6.45, 7) is 6.87. The van der Waals surface area contributed by atoms with Crippen molar-refractivity contribution in [3.8, 4) is 0 Å². The molecule has 29 heavy (non-hydrogen) atoms. The Labute approximate surface area is 174 Å². The third kappa shape index (κ3) is 6.87. The Morgan fingerprint density at radius 1 is 0.966 bits per heavy atom. The van der Waals surface area contributed by atoms with Crippen LogP contribution in [0.25, 0.3) is 0 Å². The van der Waals surface area contributed by atoms with Gasteiger partial charge in [-0.15, -0.1) is 0 Å². The van der Waals surface area contributed by atoms with E-state index < -0.39 is 0 Å². The van der Waals surface area contributed by atoms with Crippen LogP contribution in [0.3, 0.4) is 0 Å². The first-order valence-electron chi connectivity index (χ1n) is 10.5. The van der Waals surface area contributed by atoms with Gasteiger partial charge in [0.15, 0.2) is 5.96 Å². The van der Waals surface area contributed by atoms with E-state index in [2.05, 4.69) is 58.5 Å². The van der Waals surface area contributed by atoms with E-state index in [1.54, 1.807) is 0 Å². The molecule has 1 fully saturated rings. The molecule has 0 saturated carbocycles. The normalized spacial score (nSPS) is 15.5. The highest BCUT2D eigenvalue weighted by molar-refractivity contribution is 5.79. The number of likely N-dealkylation sites (tertiary alicyclic amines) is 1. The highest BCUT2D eigenvalue weighted by Gasteiger charge is 2.21. The van der Waals surface area contributed by atoms with Crippen molar-refractivity contribution in [2.75, 3.05) is 26.7 Å². The molecule has 0 amide bonds. The average molecular weight is 396 g/mol. The minimum absolute atomic E-state index is 0.394. The summed E-state index contributed by atoms with van der Waals surface area (Å²) in [6.07, 6.45) is 2.52. The van der Waals surface area contributed by atoms with Crippen LogP contribution in [-0.4, -0.2) is 43.7 Å². The lowest BCUT2D eigenvalue weighted by Crippen LogP contribution is -2.46. The molecule has 156 valence electrons. The standard InChI is InChI=1S/C24H33N3O2/c1-3-29-23-13-15-27(16-14-23)24(25-2)26-17-20-9-11-22(12-10-20)19-28-18-21-7-5-4-6-8-21/h4-12,23H,3,13-19H2,1-2H3,(H,25,26). The molecular weight excluding hydrogens is 362 g/mol. The lowest BCUT2D eigenvalue weighted by molar-refractivity contribution is 0.0263. The largest absolute Gasteiger partial charge is 0.378 e. The minimum atomic E-state index is 0.394. The third-order valence-electron chi connectivity index (χ3n) is 5.21. The fourth-order valence-electron chi connectivity index (χ4n) is 3.60. The molecule has 0 radical (unpaired) electrons. The first-order chi connectivity index (χ1) is 14.3. The molecule has 1 saturated heterocycles. The molecule has 1 aliphatic rings. The van der Waals surface area contributed by atoms with Crippen molar-refractivity contribution >= 4 is 5.96 Å². The Kier molecular flexibility index (Phi) is 8.53. The molecule has 1 aliphatic heterocycles. The number of guanidine groups is 1. The number of hydrogen-bond donors (Lipinski definition) is 1. The molecule has 5 heteroatoms. The second kappa shape index (κ2) is 11.6. The summed E-state index contributed by atoms with van der Waals surface area (Å²) in [5.74, 6) is 0.968. The Bertz CT molecular complexity index is 738. The van der Waals surface area contributed by atoms with Gasteiger partial charge >= 0.3 is 0 Å². The Morgan fingerprint density at radius 2 is 1.59 bits per heavy atom. The summed E-state index contributed by atoms with van der Waals surface area (Å²) in [6, 6.07) is 18.9. The molecule has 0 aliphatic carbocycles. The second-order valence-electron chi connectivity index (χ2n) is 7.34. The van der Waals surface area contributed by atoms with E-state index in [0.717, 1.165) is 45.0 Å². The van der Waals surface area contributed by atoms with Crippen molar-refractivity contribution in [1.29, 1.82) is 0 Å². The molecule has 3 rings (SSSR count). The van der Waals surface area contributed by atoms with E-state index >= 15 is 0 Å². The zero-order valence-electron chi connectivity index (χ0n) is 17.6. The maximum absolute atomic E-state index is 5.81. The van der Waals surface area contributed by atoms with Gasteiger partial charge in [0.25, 0.3) is 0 Å². The molecule has 0 unspecified atom stereocenters. The van der Waals surface area contributed by atoms with E-state index in [4.69, 9.17) is 9.47 Å². The average Bonchev–Trinajstić information content (AvgIpc) is 2.77. The van der Waals surface area contributed by atoms with Crippen molar-refractivity contribution in [3.05, 3.63) is 71.3 Å². The third-order valence-corrected chi connectivity index (χ3v) is 5.21. The monoisotopic (exact) mass is 395 g/mol. The Balaban J connectivity index is 1.41. The number of rotatable bonds is 8. The summed E-state index contributed by atoms with van der Waals surface area (Å²) in [4.78, 5) is 6.78. The van der Waals surface area contributed by atoms with Gasteiger partial charge in [-0.3, -0.25) is 4.99 Å². The maximum Gasteiger partial charge on any atom is 0.193 e. The highest BCUT2D eigenvalue weighted by atomic mass is 16.5. The summed E-state index contributed by atoms with van der Waals surface area (Å²) in [5, 5.41) is 3.49. The van der Waals surface area contributed by atoms with E-state index in [0.29, 0.717) is 19.3 Å². The molecule has 1 N–H and O–H groups in total. The van der Waals surface area contributed by atoms with Crippen LogP contribution in [0.2, 0.25) is 0 Å². The van der Waals surface area contributed by atoms with Gasteiger partial charge in [-0.1, -0.05) is 54.6 Å². The summed E-state index contributed by atoms with van der Waals surface area (Å²) >= 11 is 0. The molecule has 1 heterocycles. The van der Waals surface area contributed by atoms with Gasteiger partial charge in [0, 0.05) is 33.3 Å². The smallest absolute Gasteiger partial charge is 0.193 e. The number of piperidine rings is 1. The second-order valence-corrected chi connectivity index (χ2v) is 7.34. The fourth-order valence-corrected chi connectivity index (χ4v) is 3.60. The lowest BCUT2D eigenvalue weighted by atomic mass is 10.1. The van der Waals surface area contributed by atoms with Gasteiger partial charge in [0.1, 0.15) is 0 Å². The predicted octanol–water partition coefficient (Wildman–Crippen LogP) is 3.98. The SMILES string of the molecule is CCOC1CCN(C(=NC)NCc2ccc(COCc3ccccc3)cc2)CC1. The van der Waals surface area contributed by atoms with Crippen molar-refractivity contribution in [2.45, 2.75) is 45.6 Å². The van der Waals surface area contributed by atoms with Gasteiger partial charge < -0.3 is 19.7 Å². The van der Waals surface area contributed by atoms with Gasteiger partial charge in [-0.25, -0.2) is 0 Å². The van der Waals surface area contributed by atoms with Crippen LogP contribution in [0.15, 0.2) is 59.6 Å². The van der Waals surface area contributed by atoms with E-state index in [-0.39, 0.29) is 0 Å². The van der Waals surface area contributed by atoms with E-state index in [1.807, 2.05) is 25.2 Å². The molecule has 0 spiro atoms. The summed E-state index contributed by atoms with van der Waals surface area (Å²) < 4.78 is 11.6. The maximum atomic E-state index is 5.81. The topological polar surface area (TPSA) is 46.1 Å². The van der Waals surface area contributed by atoms with Crippen LogP contribution in [0, 0.1) is 0 Å². The van der Waals surface area contributed by atoms with Crippen molar-refractivity contribution in [2.24, 2.45) is 4.99 Å². The Hall–Kier alpha value is -2.37. The van der Waals surface area contributed by atoms with Crippen LogP contribution in [0.4, 0.5) is 0 Å². The molecule has 0 bridgehead atoms. The first kappa shape index (κ1) is 21.3. The van der Waals surface area contributed by atoms with Crippen LogP contribution in [0.5, 0.6) is 0 Å². The molecule has 5 nitrogen and oxygen atoms in total. The van der Waals surface area contributed by atoms with Gasteiger partial charge in [0.2, 0.25) is 0 Å². The number of nitrogens with zero attached hydrogens (tertiary/aromatic N) is 2. The van der Waals surface area contributed by atoms with Crippen LogP contribution in [-0.2, 0) is 29.2 Å². The van der Waals surface area contributed by atoms with E-state index in [9.17, 15) is 0 Å². The van der Waals surface area contributed by atoms with Crippen LogP contribution in [0.1, 0.15) is 36.5 Å². The number of aliphatic imine (C=N–C) groups is 1. The van der Waals surface area contributed by atoms with Gasteiger partial charge in [0.05, 0.1) is 19.3 Å². The van der Waals surface area contributed by atoms with Gasteiger partial charge in [-0.05, 0) is 36.5 Å². The number of nitrogens with one attached hydrogen (secondary N) is 1. The first-order valence-corrected chi connectivity index (χ1v) is 10.5. The van der Waals surface area contributed by atoms with Crippen molar-refractivity contribution in [1.82, 2.24) is 10.2 Å². The lowest BCUT2D eigenvalue weighted by Gasteiger charge is -2.34. The zero-order chi connectivity index (χ0) is 20.3. The molecule has 2 aromatic carbocycles. The fraction of sp³-hybridized carbons (Fsp3) is 0.458. The quantitative estimate of drug-likeness (QED) is 0.542. The van der Waals surface area contributed by atoms with Crippen LogP contribution < -0.4 is 5.32 Å². The number of benzene rings is 2. The van der Waals surface area contributed by atoms with Crippen molar-refractivity contribution < 1.29 is 9.47 Å². The van der Waals surface area contributed by atoms with Crippen LogP contribution >= 0.6 is 0 Å². The molecule has 0 atom stereocenters. The molecule has 0 aromatic heterocycles. The number of hydrogen-bond acceptors (Lipinski definition) is 3. The minimum Gasteiger partial charge on any atom is -0.378 e. The Morgan fingerprint density at radius 3 is 2.21 bits per heavy atom. The zero-order valence-corrected chi connectivity index (χ0v) is 17.6. The number of ether oxygens (including phenoxy) is 2. The molecule has 2 aromatic rings. The summed E-state index contributed by atoms with van der Waals surface area (Å²) in [5.41, 5.74) is 3.62. The predicted molar refractivity (Wildman–Crippen MR) is 118 cm³/mol. The highest BCUT2D eigenvalue weighted by Crippen LogP contribution is 2.14. The summed E-state index contributed by atoms with van der Waals surface area (Å²) in [7, 11) is 1.85.